The Kier molecular flexibility index (Phi) is 7.60. The number of amides is 1. The van der Waals surface area contributed by atoms with Gasteiger partial charge in [0, 0.05) is 19.0 Å². The van der Waals surface area contributed by atoms with Crippen molar-refractivity contribution in [3.63, 3.8) is 0 Å². The maximum Gasteiger partial charge on any atom is 0.240 e. The molecule has 29 heavy (non-hydrogen) atoms. The van der Waals surface area contributed by atoms with Crippen molar-refractivity contribution in [1.82, 2.24) is 10.0 Å². The number of sulfonamides is 1. The zero-order valence-corrected chi connectivity index (χ0v) is 18.8. The second kappa shape index (κ2) is 9.55. The van der Waals surface area contributed by atoms with Gasteiger partial charge in [0.15, 0.2) is 0 Å². The summed E-state index contributed by atoms with van der Waals surface area (Å²) in [4.78, 5) is 12.5. The SMILES string of the molecule is Cc1ccc(S(=O)(=O)NCCC(=O)NC(C)CC(C)(C)c2ccccc2)cc1C. The number of carbonyl (C=O) groups is 1. The summed E-state index contributed by atoms with van der Waals surface area (Å²) in [6, 6.07) is 15.2. The first kappa shape index (κ1) is 23.1. The summed E-state index contributed by atoms with van der Waals surface area (Å²) in [5, 5.41) is 2.97. The van der Waals surface area contributed by atoms with Crippen LogP contribution in [0.3, 0.4) is 0 Å². The minimum atomic E-state index is -3.62. The number of benzene rings is 2. The first-order valence-corrected chi connectivity index (χ1v) is 11.4. The molecule has 2 rings (SSSR count). The number of nitrogens with one attached hydrogen (secondary N) is 2. The second-order valence-electron chi connectivity index (χ2n) is 8.32. The van der Waals surface area contributed by atoms with Gasteiger partial charge in [-0.05, 0) is 61.4 Å². The van der Waals surface area contributed by atoms with E-state index in [1.165, 1.54) is 5.56 Å². The predicted molar refractivity (Wildman–Crippen MR) is 117 cm³/mol. The largest absolute Gasteiger partial charge is 0.354 e. The van der Waals surface area contributed by atoms with Gasteiger partial charge in [0.1, 0.15) is 0 Å². The van der Waals surface area contributed by atoms with Gasteiger partial charge in [-0.3, -0.25) is 4.79 Å². The summed E-state index contributed by atoms with van der Waals surface area (Å²) in [6.45, 7) is 10.2. The van der Waals surface area contributed by atoms with E-state index in [-0.39, 0.29) is 35.2 Å². The molecule has 2 aromatic rings. The molecule has 158 valence electrons. The molecule has 0 heterocycles. The fourth-order valence-electron chi connectivity index (χ4n) is 3.43. The number of aryl methyl sites for hydroxylation is 2. The third-order valence-corrected chi connectivity index (χ3v) is 6.67. The molecule has 0 bridgehead atoms. The molecule has 0 aliphatic carbocycles. The molecule has 2 N–H and O–H groups in total. The van der Waals surface area contributed by atoms with Crippen LogP contribution in [0.1, 0.15) is 50.3 Å². The van der Waals surface area contributed by atoms with E-state index in [2.05, 4.69) is 36.0 Å². The lowest BCUT2D eigenvalue weighted by atomic mass is 9.79. The van der Waals surface area contributed by atoms with Crippen molar-refractivity contribution in [3.05, 3.63) is 65.2 Å². The minimum absolute atomic E-state index is 0.0194. The molecule has 6 heteroatoms. The summed E-state index contributed by atoms with van der Waals surface area (Å²) in [6.07, 6.45) is 0.886. The van der Waals surface area contributed by atoms with Crippen molar-refractivity contribution in [2.75, 3.05) is 6.54 Å². The summed E-state index contributed by atoms with van der Waals surface area (Å²) < 4.78 is 27.3. The van der Waals surface area contributed by atoms with E-state index >= 15 is 0 Å². The van der Waals surface area contributed by atoms with Crippen LogP contribution in [0.4, 0.5) is 0 Å². The highest BCUT2D eigenvalue weighted by molar-refractivity contribution is 7.89. The normalized spacial score (nSPS) is 13.1. The van der Waals surface area contributed by atoms with Crippen LogP contribution < -0.4 is 10.0 Å². The predicted octanol–water partition coefficient (Wildman–Crippen LogP) is 3.84. The van der Waals surface area contributed by atoms with E-state index in [0.717, 1.165) is 17.5 Å². The molecule has 0 aliphatic heterocycles. The number of rotatable bonds is 9. The van der Waals surface area contributed by atoms with Gasteiger partial charge in [-0.15, -0.1) is 0 Å². The number of carbonyl (C=O) groups excluding carboxylic acids is 1. The molecule has 1 amide bonds. The van der Waals surface area contributed by atoms with Crippen molar-refractivity contribution in [2.45, 2.75) is 63.8 Å². The third-order valence-electron chi connectivity index (χ3n) is 5.21. The molecule has 0 aliphatic rings. The van der Waals surface area contributed by atoms with Crippen LogP contribution in [-0.2, 0) is 20.2 Å². The molecule has 1 unspecified atom stereocenters. The Balaban J connectivity index is 1.84. The first-order chi connectivity index (χ1) is 13.5. The Labute approximate surface area is 175 Å². The van der Waals surface area contributed by atoms with Gasteiger partial charge in [0.25, 0.3) is 0 Å². The van der Waals surface area contributed by atoms with Crippen molar-refractivity contribution in [1.29, 1.82) is 0 Å². The molecule has 0 radical (unpaired) electrons. The van der Waals surface area contributed by atoms with Crippen molar-refractivity contribution in [3.8, 4) is 0 Å². The molecular weight excluding hydrogens is 384 g/mol. The fourth-order valence-corrected chi connectivity index (χ4v) is 4.55. The van der Waals surface area contributed by atoms with E-state index in [1.54, 1.807) is 18.2 Å². The maximum atomic E-state index is 12.4. The summed E-state index contributed by atoms with van der Waals surface area (Å²) in [5.74, 6) is -0.163. The van der Waals surface area contributed by atoms with Gasteiger partial charge < -0.3 is 5.32 Å². The average Bonchev–Trinajstić information content (AvgIpc) is 2.63. The van der Waals surface area contributed by atoms with Gasteiger partial charge >= 0.3 is 0 Å². The monoisotopic (exact) mass is 416 g/mol. The van der Waals surface area contributed by atoms with Crippen molar-refractivity contribution < 1.29 is 13.2 Å². The van der Waals surface area contributed by atoms with E-state index in [1.807, 2.05) is 39.0 Å². The van der Waals surface area contributed by atoms with Crippen LogP contribution in [0.2, 0.25) is 0 Å². The summed E-state index contributed by atoms with van der Waals surface area (Å²) >= 11 is 0. The van der Waals surface area contributed by atoms with Gasteiger partial charge in [0.05, 0.1) is 4.90 Å². The zero-order valence-electron chi connectivity index (χ0n) is 18.0. The molecule has 0 spiro atoms. The minimum Gasteiger partial charge on any atom is -0.354 e. The smallest absolute Gasteiger partial charge is 0.240 e. The number of hydrogen-bond acceptors (Lipinski definition) is 3. The lowest BCUT2D eigenvalue weighted by Gasteiger charge is -2.29. The van der Waals surface area contributed by atoms with Gasteiger partial charge in [-0.25, -0.2) is 13.1 Å². The number of hydrogen-bond donors (Lipinski definition) is 2. The quantitative estimate of drug-likeness (QED) is 0.652. The van der Waals surface area contributed by atoms with Gasteiger partial charge in [-0.1, -0.05) is 50.2 Å². The molecule has 0 saturated heterocycles. The molecule has 0 aromatic heterocycles. The zero-order chi connectivity index (χ0) is 21.7. The molecule has 0 saturated carbocycles. The molecule has 0 fully saturated rings. The highest BCUT2D eigenvalue weighted by Crippen LogP contribution is 2.28. The average molecular weight is 417 g/mol. The Morgan fingerprint density at radius 2 is 1.69 bits per heavy atom. The summed E-state index contributed by atoms with van der Waals surface area (Å²) in [5.41, 5.74) is 3.11. The first-order valence-electron chi connectivity index (χ1n) is 9.93. The van der Waals surface area contributed by atoms with E-state index in [0.29, 0.717) is 0 Å². The topological polar surface area (TPSA) is 75.3 Å². The van der Waals surface area contributed by atoms with Crippen LogP contribution in [0, 0.1) is 13.8 Å². The highest BCUT2D eigenvalue weighted by atomic mass is 32.2. The maximum absolute atomic E-state index is 12.4. The van der Waals surface area contributed by atoms with Crippen LogP contribution in [0.5, 0.6) is 0 Å². The van der Waals surface area contributed by atoms with Crippen LogP contribution in [0.15, 0.2) is 53.4 Å². The lowest BCUT2D eigenvalue weighted by molar-refractivity contribution is -0.121. The Hall–Kier alpha value is -2.18. The van der Waals surface area contributed by atoms with Crippen molar-refractivity contribution >= 4 is 15.9 Å². The van der Waals surface area contributed by atoms with Crippen LogP contribution >= 0.6 is 0 Å². The Morgan fingerprint density at radius 3 is 2.31 bits per heavy atom. The molecule has 2 aromatic carbocycles. The second-order valence-corrected chi connectivity index (χ2v) is 10.1. The summed E-state index contributed by atoms with van der Waals surface area (Å²) in [7, 11) is -3.62. The van der Waals surface area contributed by atoms with E-state index in [4.69, 9.17) is 0 Å². The van der Waals surface area contributed by atoms with E-state index in [9.17, 15) is 13.2 Å². The Morgan fingerprint density at radius 1 is 1.03 bits per heavy atom. The molecule has 5 nitrogen and oxygen atoms in total. The van der Waals surface area contributed by atoms with Crippen LogP contribution in [-0.4, -0.2) is 26.9 Å². The molecule has 1 atom stereocenters. The van der Waals surface area contributed by atoms with Crippen LogP contribution in [0.25, 0.3) is 0 Å². The van der Waals surface area contributed by atoms with Gasteiger partial charge in [-0.2, -0.15) is 0 Å². The highest BCUT2D eigenvalue weighted by Gasteiger charge is 2.24. The fraction of sp³-hybridized carbons (Fsp3) is 0.435. The van der Waals surface area contributed by atoms with Crippen molar-refractivity contribution in [2.24, 2.45) is 0 Å². The Bertz CT molecular complexity index is 938. The standard InChI is InChI=1S/C23H32N2O3S/c1-17-11-12-21(15-18(17)2)29(27,28)24-14-13-22(26)25-19(3)16-23(4,5)20-9-7-6-8-10-20/h6-12,15,19,24H,13-14,16H2,1-5H3,(H,25,26). The van der Waals surface area contributed by atoms with E-state index < -0.39 is 10.0 Å². The lowest BCUT2D eigenvalue weighted by Crippen LogP contribution is -2.38. The third kappa shape index (κ3) is 6.68. The van der Waals surface area contributed by atoms with Gasteiger partial charge in [0.2, 0.25) is 15.9 Å². The molecular formula is C23H32N2O3S.